The van der Waals surface area contributed by atoms with Gasteiger partial charge in [-0.15, -0.1) is 0 Å². The van der Waals surface area contributed by atoms with Crippen molar-refractivity contribution in [1.29, 1.82) is 0 Å². The zero-order valence-electron chi connectivity index (χ0n) is 30.9. The van der Waals surface area contributed by atoms with Gasteiger partial charge in [-0.3, -0.25) is 19.4 Å². The summed E-state index contributed by atoms with van der Waals surface area (Å²) in [4.78, 5) is 51.9. The van der Waals surface area contributed by atoms with Crippen LogP contribution in [0.4, 0.5) is 4.79 Å². The van der Waals surface area contributed by atoms with E-state index in [0.717, 1.165) is 27.6 Å². The average Bonchev–Trinajstić information content (AvgIpc) is 3.12. The Morgan fingerprint density at radius 2 is 1.54 bits per heavy atom. The molecule has 278 valence electrons. The first-order valence-corrected chi connectivity index (χ1v) is 17.6. The van der Waals surface area contributed by atoms with Crippen LogP contribution in [0.15, 0.2) is 91.1 Å². The molecular formula is C40H51N5O7. The third-order valence-corrected chi connectivity index (χ3v) is 7.97. The van der Waals surface area contributed by atoms with E-state index in [1.165, 1.54) is 0 Å². The molecule has 2 atom stereocenters. The van der Waals surface area contributed by atoms with Gasteiger partial charge >= 0.3 is 6.03 Å². The number of carbonyl (C=O) groups excluding carboxylic acids is 3. The molecule has 2 unspecified atom stereocenters. The van der Waals surface area contributed by atoms with E-state index < -0.39 is 36.9 Å². The van der Waals surface area contributed by atoms with Crippen molar-refractivity contribution in [1.82, 2.24) is 26.0 Å². The van der Waals surface area contributed by atoms with Crippen molar-refractivity contribution < 1.29 is 33.4 Å². The summed E-state index contributed by atoms with van der Waals surface area (Å²) in [6.45, 7) is 12.2. The van der Waals surface area contributed by atoms with Crippen molar-refractivity contribution in [2.24, 2.45) is 0 Å². The van der Waals surface area contributed by atoms with Gasteiger partial charge in [-0.1, -0.05) is 66.7 Å². The Morgan fingerprint density at radius 1 is 0.846 bits per heavy atom. The quantitative estimate of drug-likeness (QED) is 0.0884. The van der Waals surface area contributed by atoms with E-state index in [4.69, 9.17) is 19.0 Å². The number of rotatable bonds is 18. The number of para-hydroxylation sites is 1. The summed E-state index contributed by atoms with van der Waals surface area (Å²) in [6, 6.07) is 24.3. The predicted molar refractivity (Wildman–Crippen MR) is 199 cm³/mol. The Hall–Kier alpha value is -5.04. The third-order valence-electron chi connectivity index (χ3n) is 7.97. The molecule has 12 heteroatoms. The maximum Gasteiger partial charge on any atom is 0.338 e. The average molecular weight is 714 g/mol. The molecule has 0 saturated carbocycles. The minimum atomic E-state index is -1.02. The molecule has 4 aromatic rings. The first kappa shape index (κ1) is 39.7. The number of amides is 4. The van der Waals surface area contributed by atoms with Crippen LogP contribution in [-0.2, 0) is 43.4 Å². The summed E-state index contributed by atoms with van der Waals surface area (Å²) in [7, 11) is 0. The number of ether oxygens (including phenoxy) is 3. The number of nitrogens with zero attached hydrogens (tertiary/aromatic N) is 2. The van der Waals surface area contributed by atoms with E-state index in [-0.39, 0.29) is 31.0 Å². The van der Waals surface area contributed by atoms with Gasteiger partial charge in [0.1, 0.15) is 17.4 Å². The van der Waals surface area contributed by atoms with Crippen molar-refractivity contribution in [3.63, 3.8) is 0 Å². The van der Waals surface area contributed by atoms with Gasteiger partial charge < -0.3 is 29.7 Å². The second kappa shape index (κ2) is 19.5. The SMILES string of the molecule is CCOC(OCC)C(C)N(Cc1cccc2cccnc12)C(=O)C(Cc1ccc(OC(C)(C)C)cc1)NC(=O)CONC(=O)NCc1ccccc1. The highest BCUT2D eigenvalue weighted by atomic mass is 16.7. The van der Waals surface area contributed by atoms with Crippen LogP contribution < -0.4 is 20.9 Å². The number of fused-ring (bicyclic) bond motifs is 1. The predicted octanol–water partition coefficient (Wildman–Crippen LogP) is 5.69. The standard InChI is InChI=1S/C40H51N5O7/c1-7-49-38(50-8-2)28(3)45(26-32-17-12-16-31-18-13-23-41-36(31)32)37(47)34(24-29-19-21-33(22-20-29)52-40(4,5)6)43-35(46)27-51-44-39(48)42-25-30-14-10-9-11-15-30/h9-23,28,34,38H,7-8,24-27H2,1-6H3,(H,43,46)(H2,42,44,48). The van der Waals surface area contributed by atoms with Crippen molar-refractivity contribution in [2.75, 3.05) is 19.8 Å². The summed E-state index contributed by atoms with van der Waals surface area (Å²) >= 11 is 0. The van der Waals surface area contributed by atoms with Crippen LogP contribution in [0.1, 0.15) is 58.2 Å². The fourth-order valence-corrected chi connectivity index (χ4v) is 5.60. The number of hydrogen-bond donors (Lipinski definition) is 3. The maximum absolute atomic E-state index is 14.8. The highest BCUT2D eigenvalue weighted by Gasteiger charge is 2.34. The number of benzene rings is 3. The van der Waals surface area contributed by atoms with E-state index in [0.29, 0.717) is 19.0 Å². The Labute approximate surface area is 306 Å². The normalized spacial score (nSPS) is 12.6. The van der Waals surface area contributed by atoms with Crippen LogP contribution in [0.3, 0.4) is 0 Å². The molecule has 0 aliphatic rings. The first-order chi connectivity index (χ1) is 25.0. The van der Waals surface area contributed by atoms with E-state index >= 15 is 0 Å². The molecule has 4 amide bonds. The molecule has 0 aliphatic heterocycles. The maximum atomic E-state index is 14.8. The van der Waals surface area contributed by atoms with Crippen LogP contribution in [0.2, 0.25) is 0 Å². The molecule has 12 nitrogen and oxygen atoms in total. The number of hydroxylamine groups is 1. The molecule has 0 bridgehead atoms. The van der Waals surface area contributed by atoms with E-state index in [1.807, 2.05) is 126 Å². The monoisotopic (exact) mass is 713 g/mol. The fraction of sp³-hybridized carbons (Fsp3) is 0.400. The highest BCUT2D eigenvalue weighted by molar-refractivity contribution is 5.89. The molecule has 1 heterocycles. The Kier molecular flexibility index (Phi) is 14.9. The molecular weight excluding hydrogens is 662 g/mol. The summed E-state index contributed by atoms with van der Waals surface area (Å²) in [6.07, 6.45) is 1.15. The molecule has 0 fully saturated rings. The lowest BCUT2D eigenvalue weighted by atomic mass is 10.0. The van der Waals surface area contributed by atoms with Crippen LogP contribution in [0.25, 0.3) is 10.9 Å². The minimum Gasteiger partial charge on any atom is -0.488 e. The third kappa shape index (κ3) is 12.3. The van der Waals surface area contributed by atoms with E-state index in [9.17, 15) is 14.4 Å². The number of pyridine rings is 1. The molecule has 1 aromatic heterocycles. The molecule has 0 saturated heterocycles. The van der Waals surface area contributed by atoms with Crippen molar-refractivity contribution in [2.45, 2.75) is 85.0 Å². The molecule has 3 N–H and O–H groups in total. The van der Waals surface area contributed by atoms with E-state index in [1.54, 1.807) is 11.1 Å². The van der Waals surface area contributed by atoms with Crippen LogP contribution in [0, 0.1) is 0 Å². The molecule has 52 heavy (non-hydrogen) atoms. The van der Waals surface area contributed by atoms with Gasteiger partial charge in [-0.25, -0.2) is 10.3 Å². The van der Waals surface area contributed by atoms with Gasteiger partial charge in [0.2, 0.25) is 11.8 Å². The van der Waals surface area contributed by atoms with Crippen molar-refractivity contribution >= 4 is 28.7 Å². The zero-order chi connectivity index (χ0) is 37.5. The second-order valence-electron chi connectivity index (χ2n) is 13.2. The molecule has 4 rings (SSSR count). The molecule has 0 spiro atoms. The van der Waals surface area contributed by atoms with Gasteiger partial charge in [0.25, 0.3) is 0 Å². The van der Waals surface area contributed by atoms with Crippen molar-refractivity contribution in [3.05, 3.63) is 108 Å². The zero-order valence-corrected chi connectivity index (χ0v) is 30.9. The van der Waals surface area contributed by atoms with Crippen LogP contribution in [-0.4, -0.2) is 71.5 Å². The smallest absolute Gasteiger partial charge is 0.338 e. The number of aromatic nitrogens is 1. The molecule has 3 aromatic carbocycles. The molecule has 0 aliphatic carbocycles. The van der Waals surface area contributed by atoms with Gasteiger partial charge in [-0.05, 0) is 76.4 Å². The van der Waals surface area contributed by atoms with E-state index in [2.05, 4.69) is 21.1 Å². The minimum absolute atomic E-state index is 0.163. The van der Waals surface area contributed by atoms with Gasteiger partial charge in [0.15, 0.2) is 12.9 Å². The lowest BCUT2D eigenvalue weighted by molar-refractivity contribution is -0.179. The lowest BCUT2D eigenvalue weighted by Crippen LogP contribution is -2.55. The highest BCUT2D eigenvalue weighted by Crippen LogP contribution is 2.23. The lowest BCUT2D eigenvalue weighted by Gasteiger charge is -2.36. The van der Waals surface area contributed by atoms with Gasteiger partial charge in [0, 0.05) is 44.3 Å². The van der Waals surface area contributed by atoms with Crippen molar-refractivity contribution in [3.8, 4) is 5.75 Å². The summed E-state index contributed by atoms with van der Waals surface area (Å²) < 4.78 is 17.9. The Balaban J connectivity index is 1.57. The van der Waals surface area contributed by atoms with Gasteiger partial charge in [0.05, 0.1) is 11.6 Å². The number of carbonyl (C=O) groups is 3. The fourth-order valence-electron chi connectivity index (χ4n) is 5.60. The van der Waals surface area contributed by atoms with Gasteiger partial charge in [-0.2, -0.15) is 0 Å². The Bertz CT molecular complexity index is 1720. The number of hydrogen-bond acceptors (Lipinski definition) is 8. The molecule has 0 radical (unpaired) electrons. The summed E-state index contributed by atoms with van der Waals surface area (Å²) in [5, 5.41) is 6.46. The summed E-state index contributed by atoms with van der Waals surface area (Å²) in [5.41, 5.74) is 5.14. The Morgan fingerprint density at radius 3 is 2.21 bits per heavy atom. The number of nitrogens with one attached hydrogen (secondary N) is 3. The first-order valence-electron chi connectivity index (χ1n) is 17.6. The topological polar surface area (TPSA) is 140 Å². The van der Waals surface area contributed by atoms with Crippen LogP contribution >= 0.6 is 0 Å². The number of urea groups is 1. The largest absolute Gasteiger partial charge is 0.488 e. The summed E-state index contributed by atoms with van der Waals surface area (Å²) in [5.74, 6) is -0.273. The second-order valence-corrected chi connectivity index (χ2v) is 13.2. The van der Waals surface area contributed by atoms with Crippen LogP contribution in [0.5, 0.6) is 5.75 Å².